The molecule has 20 heavy (non-hydrogen) atoms. The van der Waals surface area contributed by atoms with Gasteiger partial charge in [0, 0.05) is 36.5 Å². The Balaban J connectivity index is 1.80. The maximum absolute atomic E-state index is 12.1. The summed E-state index contributed by atoms with van der Waals surface area (Å²) in [6.45, 7) is 6.27. The van der Waals surface area contributed by atoms with Gasteiger partial charge in [-0.05, 0) is 47.8 Å². The van der Waals surface area contributed by atoms with E-state index in [9.17, 15) is 4.79 Å². The summed E-state index contributed by atoms with van der Waals surface area (Å²) >= 11 is 3.39. The van der Waals surface area contributed by atoms with E-state index in [0.29, 0.717) is 12.2 Å². The van der Waals surface area contributed by atoms with E-state index in [2.05, 4.69) is 26.3 Å². The third-order valence-corrected chi connectivity index (χ3v) is 3.48. The molecule has 0 saturated heterocycles. The van der Waals surface area contributed by atoms with Gasteiger partial charge in [0.2, 0.25) is 0 Å². The van der Waals surface area contributed by atoms with E-state index < -0.39 is 0 Å². The van der Waals surface area contributed by atoms with E-state index in [0.717, 1.165) is 29.5 Å². The number of halogens is 1. The van der Waals surface area contributed by atoms with Crippen LogP contribution in [0.3, 0.4) is 0 Å². The van der Waals surface area contributed by atoms with Crippen molar-refractivity contribution < 1.29 is 4.79 Å². The average molecular weight is 339 g/mol. The van der Waals surface area contributed by atoms with Crippen molar-refractivity contribution in [3.05, 3.63) is 40.4 Å². The average Bonchev–Trinajstić information content (AvgIpc) is 3.00. The molecule has 6 heteroatoms. The molecule has 0 aromatic carbocycles. The third-order valence-electron chi connectivity index (χ3n) is 3.05. The minimum absolute atomic E-state index is 0.0332. The highest BCUT2D eigenvalue weighted by Crippen LogP contribution is 2.14. The largest absolute Gasteiger partial charge is 0.351 e. The lowest BCUT2D eigenvalue weighted by atomic mass is 10.3. The Labute approximate surface area is 127 Å². The quantitative estimate of drug-likeness (QED) is 0.823. The Morgan fingerprint density at radius 3 is 2.90 bits per heavy atom. The zero-order valence-electron chi connectivity index (χ0n) is 11.8. The Morgan fingerprint density at radius 2 is 2.25 bits per heavy atom. The maximum Gasteiger partial charge on any atom is 0.267 e. The molecular weight excluding hydrogens is 320 g/mol. The summed E-state index contributed by atoms with van der Waals surface area (Å²) in [5.41, 5.74) is 1.84. The van der Waals surface area contributed by atoms with Gasteiger partial charge in [-0.15, -0.1) is 0 Å². The van der Waals surface area contributed by atoms with Crippen LogP contribution < -0.4 is 5.32 Å². The number of aromatic nitrogens is 3. The molecule has 0 aliphatic heterocycles. The Morgan fingerprint density at radius 1 is 1.45 bits per heavy atom. The second-order valence-corrected chi connectivity index (χ2v) is 5.64. The molecule has 0 bridgehead atoms. The van der Waals surface area contributed by atoms with Crippen molar-refractivity contribution in [1.82, 2.24) is 19.7 Å². The van der Waals surface area contributed by atoms with E-state index in [4.69, 9.17) is 0 Å². The van der Waals surface area contributed by atoms with Crippen molar-refractivity contribution >= 4 is 21.8 Å². The number of rotatable bonds is 6. The molecule has 0 atom stereocenters. The first-order valence-electron chi connectivity index (χ1n) is 6.73. The molecular formula is C14H19BrN4O. The van der Waals surface area contributed by atoms with Crippen LogP contribution in [0, 0.1) is 6.92 Å². The number of carbonyl (C=O) groups is 1. The molecule has 2 aromatic heterocycles. The molecule has 1 N–H and O–H groups in total. The fourth-order valence-electron chi connectivity index (χ4n) is 2.05. The highest BCUT2D eigenvalue weighted by Gasteiger charge is 2.11. The summed E-state index contributed by atoms with van der Waals surface area (Å²) < 4.78 is 4.75. The number of aryl methyl sites for hydroxylation is 3. The summed E-state index contributed by atoms with van der Waals surface area (Å²) in [5, 5.41) is 7.16. The predicted molar refractivity (Wildman–Crippen MR) is 81.7 cm³/mol. The van der Waals surface area contributed by atoms with Crippen LogP contribution in [0.5, 0.6) is 0 Å². The second kappa shape index (κ2) is 6.74. The highest BCUT2D eigenvalue weighted by molar-refractivity contribution is 9.10. The van der Waals surface area contributed by atoms with Gasteiger partial charge in [-0.25, -0.2) is 0 Å². The zero-order valence-corrected chi connectivity index (χ0v) is 13.4. The van der Waals surface area contributed by atoms with Crippen molar-refractivity contribution in [2.75, 3.05) is 6.54 Å². The van der Waals surface area contributed by atoms with Gasteiger partial charge in [0.15, 0.2) is 0 Å². The summed E-state index contributed by atoms with van der Waals surface area (Å²) in [5.74, 6) is -0.0332. The van der Waals surface area contributed by atoms with Gasteiger partial charge in [0.1, 0.15) is 5.69 Å². The van der Waals surface area contributed by atoms with Gasteiger partial charge in [-0.3, -0.25) is 9.48 Å². The fourth-order valence-corrected chi connectivity index (χ4v) is 2.51. The van der Waals surface area contributed by atoms with E-state index in [1.165, 1.54) is 0 Å². The van der Waals surface area contributed by atoms with Crippen LogP contribution >= 0.6 is 15.9 Å². The number of hydrogen-bond acceptors (Lipinski definition) is 2. The zero-order chi connectivity index (χ0) is 14.5. The van der Waals surface area contributed by atoms with Crippen molar-refractivity contribution in [2.45, 2.75) is 33.4 Å². The lowest BCUT2D eigenvalue weighted by Crippen LogP contribution is -2.27. The molecule has 2 rings (SSSR count). The monoisotopic (exact) mass is 338 g/mol. The van der Waals surface area contributed by atoms with Gasteiger partial charge in [0.05, 0.1) is 6.20 Å². The molecule has 5 nitrogen and oxygen atoms in total. The first kappa shape index (κ1) is 14.8. The summed E-state index contributed by atoms with van der Waals surface area (Å²) in [6.07, 6.45) is 6.62. The first-order valence-corrected chi connectivity index (χ1v) is 7.52. The highest BCUT2D eigenvalue weighted by atomic mass is 79.9. The smallest absolute Gasteiger partial charge is 0.267 e. The first-order chi connectivity index (χ1) is 9.60. The molecule has 0 radical (unpaired) electrons. The molecule has 2 heterocycles. The lowest BCUT2D eigenvalue weighted by Gasteiger charge is -2.07. The van der Waals surface area contributed by atoms with Crippen LogP contribution in [0.15, 0.2) is 29.1 Å². The Kier molecular flexibility index (Phi) is 5.00. The molecule has 2 aromatic rings. The number of amides is 1. The Hall–Kier alpha value is -1.56. The summed E-state index contributed by atoms with van der Waals surface area (Å²) in [6, 6.07) is 1.84. The third kappa shape index (κ3) is 3.72. The predicted octanol–water partition coefficient (Wildman–Crippen LogP) is 2.60. The fraction of sp³-hybridized carbons (Fsp3) is 0.429. The van der Waals surface area contributed by atoms with E-state index in [-0.39, 0.29) is 5.91 Å². The van der Waals surface area contributed by atoms with Crippen molar-refractivity contribution in [2.24, 2.45) is 0 Å². The normalized spacial score (nSPS) is 10.8. The second-order valence-electron chi connectivity index (χ2n) is 4.72. The number of nitrogens with zero attached hydrogens (tertiary/aromatic N) is 3. The van der Waals surface area contributed by atoms with Gasteiger partial charge in [-0.2, -0.15) is 5.10 Å². The van der Waals surface area contributed by atoms with E-state index in [1.54, 1.807) is 0 Å². The van der Waals surface area contributed by atoms with Crippen LogP contribution in [0.2, 0.25) is 0 Å². The minimum Gasteiger partial charge on any atom is -0.351 e. The molecule has 0 aliphatic carbocycles. The molecule has 1 amide bonds. The molecule has 0 fully saturated rings. The van der Waals surface area contributed by atoms with Gasteiger partial charge in [-0.1, -0.05) is 0 Å². The number of hydrogen-bond donors (Lipinski definition) is 1. The van der Waals surface area contributed by atoms with Crippen LogP contribution in [0.25, 0.3) is 0 Å². The summed E-state index contributed by atoms with van der Waals surface area (Å²) in [4.78, 5) is 12.1. The maximum atomic E-state index is 12.1. The summed E-state index contributed by atoms with van der Waals surface area (Å²) in [7, 11) is 0. The van der Waals surface area contributed by atoms with E-state index >= 15 is 0 Å². The van der Waals surface area contributed by atoms with Crippen molar-refractivity contribution in [1.29, 1.82) is 0 Å². The topological polar surface area (TPSA) is 51.9 Å². The molecule has 0 aliphatic rings. The van der Waals surface area contributed by atoms with Gasteiger partial charge >= 0.3 is 0 Å². The van der Waals surface area contributed by atoms with Crippen LogP contribution in [0.4, 0.5) is 0 Å². The van der Waals surface area contributed by atoms with Crippen molar-refractivity contribution in [3.63, 3.8) is 0 Å². The lowest BCUT2D eigenvalue weighted by molar-refractivity contribution is 0.0943. The minimum atomic E-state index is -0.0332. The van der Waals surface area contributed by atoms with E-state index in [1.807, 2.05) is 47.8 Å². The standard InChI is InChI=1S/C14H19BrN4O/c1-3-18-10-12(15)7-13(18)14(20)16-5-4-6-19-9-11(2)8-17-19/h7-10H,3-6H2,1-2H3,(H,16,20). The molecule has 0 unspecified atom stereocenters. The van der Waals surface area contributed by atoms with Crippen LogP contribution in [-0.4, -0.2) is 26.8 Å². The Bertz CT molecular complexity index is 588. The molecule has 0 spiro atoms. The van der Waals surface area contributed by atoms with Gasteiger partial charge < -0.3 is 9.88 Å². The SMILES string of the molecule is CCn1cc(Br)cc1C(=O)NCCCn1cc(C)cn1. The number of nitrogens with one attached hydrogen (secondary N) is 1. The number of carbonyl (C=O) groups excluding carboxylic acids is 1. The van der Waals surface area contributed by atoms with Crippen LogP contribution in [0.1, 0.15) is 29.4 Å². The molecule has 0 saturated carbocycles. The van der Waals surface area contributed by atoms with Crippen LogP contribution in [-0.2, 0) is 13.1 Å². The van der Waals surface area contributed by atoms with Crippen molar-refractivity contribution in [3.8, 4) is 0 Å². The van der Waals surface area contributed by atoms with Gasteiger partial charge in [0.25, 0.3) is 5.91 Å². The molecule has 108 valence electrons.